The molecule has 1 saturated carbocycles. The van der Waals surface area contributed by atoms with Crippen molar-refractivity contribution in [2.45, 2.75) is 18.3 Å². The third-order valence-electron chi connectivity index (χ3n) is 5.72. The molecule has 4 rings (SSSR count). The largest absolute Gasteiger partial charge is 0.306 e. The van der Waals surface area contributed by atoms with Crippen molar-refractivity contribution in [1.29, 1.82) is 0 Å². The highest BCUT2D eigenvalue weighted by Crippen LogP contribution is 2.56. The zero-order valence-electron chi connectivity index (χ0n) is 12.7. The molecule has 2 aromatic rings. The minimum atomic E-state index is 0.231. The van der Waals surface area contributed by atoms with E-state index >= 15 is 0 Å². The van der Waals surface area contributed by atoms with Gasteiger partial charge in [0.1, 0.15) is 0 Å². The molecule has 0 aromatic heterocycles. The van der Waals surface area contributed by atoms with Crippen molar-refractivity contribution < 1.29 is 0 Å². The second kappa shape index (κ2) is 4.99. The highest BCUT2D eigenvalue weighted by molar-refractivity contribution is 5.44. The molecule has 0 N–H and O–H groups in total. The van der Waals surface area contributed by atoms with E-state index in [0.717, 1.165) is 11.8 Å². The summed E-state index contributed by atoms with van der Waals surface area (Å²) in [7, 11) is 2.28. The molecule has 2 fully saturated rings. The van der Waals surface area contributed by atoms with Crippen LogP contribution >= 0.6 is 0 Å². The normalized spacial score (nSPS) is 27.7. The third-order valence-corrected chi connectivity index (χ3v) is 5.72. The molecule has 2 aliphatic rings. The molecule has 0 amide bonds. The van der Waals surface area contributed by atoms with Crippen molar-refractivity contribution in [3.8, 4) is 0 Å². The minimum Gasteiger partial charge on any atom is -0.306 e. The van der Waals surface area contributed by atoms with E-state index in [4.69, 9.17) is 0 Å². The molecule has 1 saturated heterocycles. The van der Waals surface area contributed by atoms with Gasteiger partial charge in [0.2, 0.25) is 0 Å². The lowest BCUT2D eigenvalue weighted by Gasteiger charge is -2.48. The van der Waals surface area contributed by atoms with Crippen LogP contribution in [0.2, 0.25) is 0 Å². The highest BCUT2D eigenvalue weighted by Gasteiger charge is 2.54. The number of nitrogens with zero attached hydrogens (tertiary/aromatic N) is 1. The number of fused-ring (bicyclic) bond motifs is 2. The summed E-state index contributed by atoms with van der Waals surface area (Å²) in [5.41, 5.74) is 3.28. The van der Waals surface area contributed by atoms with Crippen LogP contribution in [0.25, 0.3) is 0 Å². The first-order valence-corrected chi connectivity index (χ1v) is 8.11. The van der Waals surface area contributed by atoms with Gasteiger partial charge in [0.05, 0.1) is 0 Å². The van der Waals surface area contributed by atoms with Gasteiger partial charge in [0, 0.05) is 18.5 Å². The summed E-state index contributed by atoms with van der Waals surface area (Å²) in [6.45, 7) is 2.45. The van der Waals surface area contributed by atoms with Crippen LogP contribution in [0.5, 0.6) is 0 Å². The Kier molecular flexibility index (Phi) is 3.11. The molecule has 21 heavy (non-hydrogen) atoms. The Hall–Kier alpha value is -1.60. The van der Waals surface area contributed by atoms with Crippen molar-refractivity contribution in [2.75, 3.05) is 20.1 Å². The number of piperidine rings is 1. The van der Waals surface area contributed by atoms with Crippen molar-refractivity contribution in [3.63, 3.8) is 0 Å². The van der Waals surface area contributed by atoms with Crippen LogP contribution in [0.4, 0.5) is 0 Å². The lowest BCUT2D eigenvalue weighted by Crippen LogP contribution is -2.51. The lowest BCUT2D eigenvalue weighted by molar-refractivity contribution is 0.125. The van der Waals surface area contributed by atoms with Crippen molar-refractivity contribution >= 4 is 0 Å². The van der Waals surface area contributed by atoms with Crippen molar-refractivity contribution in [1.82, 2.24) is 4.90 Å². The van der Waals surface area contributed by atoms with Gasteiger partial charge in [-0.1, -0.05) is 60.7 Å². The SMILES string of the molecule is CN1CC2CCC(C1)C2(c1ccccc1)c1ccccc1. The molecule has 1 heteroatoms. The van der Waals surface area contributed by atoms with E-state index in [1.807, 2.05) is 0 Å². The van der Waals surface area contributed by atoms with Gasteiger partial charge < -0.3 is 4.90 Å². The van der Waals surface area contributed by atoms with Gasteiger partial charge in [0.15, 0.2) is 0 Å². The summed E-state index contributed by atoms with van der Waals surface area (Å²) in [6.07, 6.45) is 2.72. The van der Waals surface area contributed by atoms with Crippen LogP contribution in [0.15, 0.2) is 60.7 Å². The number of hydrogen-bond donors (Lipinski definition) is 0. The maximum Gasteiger partial charge on any atom is 0.0283 e. The molecule has 2 bridgehead atoms. The predicted molar refractivity (Wildman–Crippen MR) is 87.4 cm³/mol. The van der Waals surface area contributed by atoms with Crippen LogP contribution in [-0.2, 0) is 5.41 Å². The van der Waals surface area contributed by atoms with Gasteiger partial charge in [-0.3, -0.25) is 0 Å². The Bertz CT molecular complexity index is 549. The molecule has 1 aliphatic heterocycles. The monoisotopic (exact) mass is 277 g/mol. The van der Waals surface area contributed by atoms with E-state index in [-0.39, 0.29) is 5.41 Å². The van der Waals surface area contributed by atoms with Gasteiger partial charge in [-0.25, -0.2) is 0 Å². The van der Waals surface area contributed by atoms with E-state index in [9.17, 15) is 0 Å². The fraction of sp³-hybridized carbons (Fsp3) is 0.400. The third kappa shape index (κ3) is 1.87. The van der Waals surface area contributed by atoms with Crippen LogP contribution < -0.4 is 0 Å². The summed E-state index contributed by atoms with van der Waals surface area (Å²) >= 11 is 0. The number of likely N-dealkylation sites (tertiary alicyclic amines) is 1. The Labute approximate surface area is 127 Å². The second-order valence-corrected chi connectivity index (χ2v) is 6.79. The molecule has 0 spiro atoms. The van der Waals surface area contributed by atoms with Gasteiger partial charge in [-0.2, -0.15) is 0 Å². The smallest absolute Gasteiger partial charge is 0.0283 e. The zero-order valence-corrected chi connectivity index (χ0v) is 12.7. The summed E-state index contributed by atoms with van der Waals surface area (Å²) < 4.78 is 0. The van der Waals surface area contributed by atoms with E-state index in [2.05, 4.69) is 72.6 Å². The van der Waals surface area contributed by atoms with Crippen molar-refractivity contribution in [2.24, 2.45) is 11.8 Å². The fourth-order valence-corrected chi connectivity index (χ4v) is 5.03. The first kappa shape index (κ1) is 13.1. The maximum atomic E-state index is 2.53. The zero-order chi connectivity index (χ0) is 14.3. The Morgan fingerprint density at radius 1 is 0.762 bits per heavy atom. The predicted octanol–water partition coefficient (Wildman–Crippen LogP) is 3.94. The van der Waals surface area contributed by atoms with Crippen LogP contribution in [0.3, 0.4) is 0 Å². The average Bonchev–Trinajstić information content (AvgIpc) is 2.75. The Morgan fingerprint density at radius 2 is 1.19 bits per heavy atom. The maximum absolute atomic E-state index is 2.53. The molecule has 108 valence electrons. The van der Waals surface area contributed by atoms with Gasteiger partial charge in [0.25, 0.3) is 0 Å². The van der Waals surface area contributed by atoms with Gasteiger partial charge in [-0.05, 0) is 42.9 Å². The summed E-state index contributed by atoms with van der Waals surface area (Å²) in [4.78, 5) is 2.53. The molecular weight excluding hydrogens is 254 g/mol. The molecule has 1 aliphatic carbocycles. The molecule has 0 radical (unpaired) electrons. The first-order chi connectivity index (χ1) is 10.3. The summed E-state index contributed by atoms with van der Waals surface area (Å²) in [6, 6.07) is 22.5. The fourth-order valence-electron chi connectivity index (χ4n) is 5.03. The number of hydrogen-bond acceptors (Lipinski definition) is 1. The number of rotatable bonds is 2. The molecule has 2 unspecified atom stereocenters. The highest BCUT2D eigenvalue weighted by atomic mass is 15.1. The van der Waals surface area contributed by atoms with E-state index < -0.39 is 0 Å². The van der Waals surface area contributed by atoms with Crippen LogP contribution in [0.1, 0.15) is 24.0 Å². The van der Waals surface area contributed by atoms with Crippen LogP contribution in [-0.4, -0.2) is 25.0 Å². The minimum absolute atomic E-state index is 0.231. The lowest BCUT2D eigenvalue weighted by atomic mass is 9.61. The molecular formula is C20H23N. The molecule has 1 nitrogen and oxygen atoms in total. The number of benzene rings is 2. The molecule has 2 atom stereocenters. The Balaban J connectivity index is 1.93. The second-order valence-electron chi connectivity index (χ2n) is 6.79. The Morgan fingerprint density at radius 3 is 1.62 bits per heavy atom. The quantitative estimate of drug-likeness (QED) is 0.803. The first-order valence-electron chi connectivity index (χ1n) is 8.11. The van der Waals surface area contributed by atoms with Gasteiger partial charge in [-0.15, -0.1) is 0 Å². The molecule has 1 heterocycles. The topological polar surface area (TPSA) is 3.24 Å². The average molecular weight is 277 g/mol. The van der Waals surface area contributed by atoms with E-state index in [0.29, 0.717) is 0 Å². The van der Waals surface area contributed by atoms with Crippen LogP contribution in [0, 0.1) is 11.8 Å². The van der Waals surface area contributed by atoms with Crippen molar-refractivity contribution in [3.05, 3.63) is 71.8 Å². The standard InChI is InChI=1S/C20H23N/c1-21-14-18-12-13-19(15-21)20(18,16-8-4-2-5-9-16)17-10-6-3-7-11-17/h2-11,18-19H,12-15H2,1H3. The van der Waals surface area contributed by atoms with E-state index in [1.165, 1.54) is 37.1 Å². The summed E-state index contributed by atoms with van der Waals surface area (Å²) in [5, 5.41) is 0. The summed E-state index contributed by atoms with van der Waals surface area (Å²) in [5.74, 6) is 1.48. The van der Waals surface area contributed by atoms with Gasteiger partial charge >= 0.3 is 0 Å². The van der Waals surface area contributed by atoms with E-state index in [1.54, 1.807) is 0 Å². The molecule has 2 aromatic carbocycles.